The lowest BCUT2D eigenvalue weighted by Crippen LogP contribution is -2.31. The SMILES string of the molecule is O=C(CNc1ccccc1)NCCc1ccsc1. The Labute approximate surface area is 111 Å². The Morgan fingerprint density at radius 1 is 1.17 bits per heavy atom. The monoisotopic (exact) mass is 260 g/mol. The molecule has 3 nitrogen and oxygen atoms in total. The maximum Gasteiger partial charge on any atom is 0.239 e. The second-order valence-corrected chi connectivity index (χ2v) is 4.73. The zero-order chi connectivity index (χ0) is 12.6. The summed E-state index contributed by atoms with van der Waals surface area (Å²) in [6.45, 7) is 1.000. The van der Waals surface area contributed by atoms with E-state index in [1.807, 2.05) is 35.7 Å². The minimum absolute atomic E-state index is 0.0223. The van der Waals surface area contributed by atoms with E-state index in [2.05, 4.69) is 22.1 Å². The molecule has 0 radical (unpaired) electrons. The summed E-state index contributed by atoms with van der Waals surface area (Å²) in [5.41, 5.74) is 2.24. The molecular formula is C14H16N2OS. The summed E-state index contributed by atoms with van der Waals surface area (Å²) >= 11 is 1.68. The van der Waals surface area contributed by atoms with Crippen LogP contribution in [0.15, 0.2) is 47.2 Å². The largest absolute Gasteiger partial charge is 0.376 e. The van der Waals surface area contributed by atoms with Crippen molar-refractivity contribution in [3.63, 3.8) is 0 Å². The Morgan fingerprint density at radius 2 is 2.00 bits per heavy atom. The quantitative estimate of drug-likeness (QED) is 0.838. The van der Waals surface area contributed by atoms with Crippen molar-refractivity contribution in [3.8, 4) is 0 Å². The molecule has 1 aromatic heterocycles. The summed E-state index contributed by atoms with van der Waals surface area (Å²) in [4.78, 5) is 11.6. The van der Waals surface area contributed by atoms with Crippen molar-refractivity contribution in [2.45, 2.75) is 6.42 Å². The van der Waals surface area contributed by atoms with E-state index in [1.165, 1.54) is 5.56 Å². The Hall–Kier alpha value is -1.81. The average molecular weight is 260 g/mol. The van der Waals surface area contributed by atoms with E-state index in [4.69, 9.17) is 0 Å². The van der Waals surface area contributed by atoms with Crippen molar-refractivity contribution in [1.29, 1.82) is 0 Å². The number of amides is 1. The maximum atomic E-state index is 11.6. The Kier molecular flexibility index (Phi) is 4.78. The van der Waals surface area contributed by atoms with Crippen LogP contribution in [0.4, 0.5) is 5.69 Å². The van der Waals surface area contributed by atoms with Crippen LogP contribution in [0.2, 0.25) is 0 Å². The molecule has 0 aliphatic carbocycles. The minimum Gasteiger partial charge on any atom is -0.376 e. The first-order valence-electron chi connectivity index (χ1n) is 5.91. The number of benzene rings is 1. The number of anilines is 1. The van der Waals surface area contributed by atoms with Crippen LogP contribution in [0.25, 0.3) is 0 Å². The van der Waals surface area contributed by atoms with Gasteiger partial charge in [0.25, 0.3) is 0 Å². The molecule has 0 aliphatic heterocycles. The van der Waals surface area contributed by atoms with Crippen LogP contribution < -0.4 is 10.6 Å². The third kappa shape index (κ3) is 4.22. The predicted molar refractivity (Wildman–Crippen MR) is 76.0 cm³/mol. The molecule has 0 aliphatic rings. The van der Waals surface area contributed by atoms with E-state index in [0.717, 1.165) is 12.1 Å². The Morgan fingerprint density at radius 3 is 2.72 bits per heavy atom. The summed E-state index contributed by atoms with van der Waals surface area (Å²) in [5.74, 6) is 0.0223. The molecule has 0 saturated carbocycles. The molecule has 1 aromatic carbocycles. The van der Waals surface area contributed by atoms with Gasteiger partial charge in [-0.3, -0.25) is 4.79 Å². The zero-order valence-corrected chi connectivity index (χ0v) is 10.9. The molecule has 0 atom stereocenters. The Balaban J connectivity index is 1.63. The molecule has 0 saturated heterocycles. The van der Waals surface area contributed by atoms with Crippen LogP contribution in [0.5, 0.6) is 0 Å². The molecular weight excluding hydrogens is 244 g/mol. The first-order valence-corrected chi connectivity index (χ1v) is 6.85. The van der Waals surface area contributed by atoms with Crippen molar-refractivity contribution >= 4 is 22.9 Å². The molecule has 4 heteroatoms. The maximum absolute atomic E-state index is 11.6. The molecule has 1 amide bonds. The third-order valence-electron chi connectivity index (χ3n) is 2.54. The number of nitrogens with one attached hydrogen (secondary N) is 2. The molecule has 1 heterocycles. The molecule has 0 fully saturated rings. The van der Waals surface area contributed by atoms with Crippen molar-refractivity contribution in [1.82, 2.24) is 5.32 Å². The summed E-state index contributed by atoms with van der Waals surface area (Å²) in [6.07, 6.45) is 0.889. The molecule has 0 bridgehead atoms. The number of carbonyl (C=O) groups is 1. The molecule has 2 N–H and O–H groups in total. The van der Waals surface area contributed by atoms with E-state index < -0.39 is 0 Å². The van der Waals surface area contributed by atoms with Crippen molar-refractivity contribution < 1.29 is 4.79 Å². The molecule has 0 spiro atoms. The summed E-state index contributed by atoms with van der Waals surface area (Å²) in [5, 5.41) is 10.1. The molecule has 18 heavy (non-hydrogen) atoms. The van der Waals surface area contributed by atoms with Crippen LogP contribution in [0.3, 0.4) is 0 Å². The third-order valence-corrected chi connectivity index (χ3v) is 3.27. The van der Waals surface area contributed by atoms with Crippen molar-refractivity contribution in [2.24, 2.45) is 0 Å². The number of hydrogen-bond acceptors (Lipinski definition) is 3. The first kappa shape index (κ1) is 12.6. The lowest BCUT2D eigenvalue weighted by molar-refractivity contribution is -0.119. The van der Waals surface area contributed by atoms with Gasteiger partial charge in [0.05, 0.1) is 6.54 Å². The number of para-hydroxylation sites is 1. The van der Waals surface area contributed by atoms with Crippen molar-refractivity contribution in [2.75, 3.05) is 18.4 Å². The van der Waals surface area contributed by atoms with Gasteiger partial charge in [0.1, 0.15) is 0 Å². The normalized spacial score (nSPS) is 10.0. The van der Waals surface area contributed by atoms with Crippen molar-refractivity contribution in [3.05, 3.63) is 52.7 Å². The van der Waals surface area contributed by atoms with Crippen LogP contribution in [0, 0.1) is 0 Å². The van der Waals surface area contributed by atoms with Gasteiger partial charge in [0.15, 0.2) is 0 Å². The lowest BCUT2D eigenvalue weighted by atomic mass is 10.2. The van der Waals surface area contributed by atoms with Crippen LogP contribution in [-0.4, -0.2) is 19.0 Å². The van der Waals surface area contributed by atoms with Gasteiger partial charge in [-0.2, -0.15) is 11.3 Å². The van der Waals surface area contributed by atoms with Gasteiger partial charge in [-0.1, -0.05) is 18.2 Å². The molecule has 2 rings (SSSR count). The fourth-order valence-corrected chi connectivity index (χ4v) is 2.29. The molecule has 2 aromatic rings. The highest BCUT2D eigenvalue weighted by molar-refractivity contribution is 7.07. The van der Waals surface area contributed by atoms with Gasteiger partial charge in [-0.15, -0.1) is 0 Å². The number of hydrogen-bond donors (Lipinski definition) is 2. The fourth-order valence-electron chi connectivity index (χ4n) is 1.58. The first-order chi connectivity index (χ1) is 8.84. The second-order valence-electron chi connectivity index (χ2n) is 3.95. The van der Waals surface area contributed by atoms with Crippen LogP contribution in [0.1, 0.15) is 5.56 Å². The van der Waals surface area contributed by atoms with E-state index in [-0.39, 0.29) is 5.91 Å². The predicted octanol–water partition coefficient (Wildman–Crippen LogP) is 2.52. The highest BCUT2D eigenvalue weighted by Gasteiger charge is 2.00. The summed E-state index contributed by atoms with van der Waals surface area (Å²) < 4.78 is 0. The highest BCUT2D eigenvalue weighted by Crippen LogP contribution is 2.06. The van der Waals surface area contributed by atoms with E-state index in [9.17, 15) is 4.79 Å². The van der Waals surface area contributed by atoms with Crippen LogP contribution in [-0.2, 0) is 11.2 Å². The lowest BCUT2D eigenvalue weighted by Gasteiger charge is -2.07. The molecule has 94 valence electrons. The van der Waals surface area contributed by atoms with Gasteiger partial charge >= 0.3 is 0 Å². The fraction of sp³-hybridized carbons (Fsp3) is 0.214. The highest BCUT2D eigenvalue weighted by atomic mass is 32.1. The number of carbonyl (C=O) groups excluding carboxylic acids is 1. The topological polar surface area (TPSA) is 41.1 Å². The van der Waals surface area contributed by atoms with Crippen LogP contribution >= 0.6 is 11.3 Å². The Bertz CT molecular complexity index is 468. The standard InChI is InChI=1S/C14H16N2OS/c17-14(10-16-13-4-2-1-3-5-13)15-8-6-12-7-9-18-11-12/h1-5,7,9,11,16H,6,8,10H2,(H,15,17). The number of thiophene rings is 1. The van der Waals surface area contributed by atoms with E-state index >= 15 is 0 Å². The second kappa shape index (κ2) is 6.81. The summed E-state index contributed by atoms with van der Waals surface area (Å²) in [6, 6.07) is 11.8. The minimum atomic E-state index is 0.0223. The zero-order valence-electron chi connectivity index (χ0n) is 10.1. The van der Waals surface area contributed by atoms with Gasteiger partial charge < -0.3 is 10.6 Å². The molecule has 0 unspecified atom stereocenters. The van der Waals surface area contributed by atoms with Gasteiger partial charge in [-0.25, -0.2) is 0 Å². The smallest absolute Gasteiger partial charge is 0.239 e. The van der Waals surface area contributed by atoms with Gasteiger partial charge in [0, 0.05) is 12.2 Å². The van der Waals surface area contributed by atoms with E-state index in [1.54, 1.807) is 11.3 Å². The van der Waals surface area contributed by atoms with E-state index in [0.29, 0.717) is 13.1 Å². The van der Waals surface area contributed by atoms with Gasteiger partial charge in [-0.05, 0) is 40.9 Å². The number of rotatable bonds is 6. The summed E-state index contributed by atoms with van der Waals surface area (Å²) in [7, 11) is 0. The average Bonchev–Trinajstić information content (AvgIpc) is 2.91. The van der Waals surface area contributed by atoms with Gasteiger partial charge in [0.2, 0.25) is 5.91 Å².